The molecule has 1 rings (SSSR count). The lowest BCUT2D eigenvalue weighted by atomic mass is 10.1. The van der Waals surface area contributed by atoms with E-state index in [1.807, 2.05) is 6.92 Å². The minimum atomic E-state index is -3.20. The normalized spacial score (nSPS) is 13.0. The number of sulfonamides is 1. The number of guanidine groups is 1. The number of nitrogens with one attached hydrogen (secondary N) is 3. The highest BCUT2D eigenvalue weighted by Crippen LogP contribution is 2.19. The summed E-state index contributed by atoms with van der Waals surface area (Å²) in [5, 5.41) is 16.3. The third-order valence-electron chi connectivity index (χ3n) is 3.60. The Hall–Kier alpha value is -1.25. The summed E-state index contributed by atoms with van der Waals surface area (Å²) in [4.78, 5) is 4.28. The van der Waals surface area contributed by atoms with E-state index in [0.29, 0.717) is 37.6 Å². The van der Waals surface area contributed by atoms with Crippen molar-refractivity contribution in [2.75, 3.05) is 31.9 Å². The molecular weight excluding hydrogens is 521 g/mol. The lowest BCUT2D eigenvalue weighted by molar-refractivity contribution is -0.0498. The van der Waals surface area contributed by atoms with Gasteiger partial charge in [0.1, 0.15) is 5.75 Å². The van der Waals surface area contributed by atoms with E-state index >= 15 is 0 Å². The SMILES string of the molecule is CCNC(=NCC(O)c1ccc(OC(F)F)cc1)NCCCNS(=O)(=O)CC.I. The van der Waals surface area contributed by atoms with Crippen LogP contribution >= 0.6 is 24.0 Å². The molecule has 12 heteroatoms. The molecule has 0 radical (unpaired) electrons. The number of hydrogen-bond acceptors (Lipinski definition) is 5. The number of rotatable bonds is 12. The van der Waals surface area contributed by atoms with Gasteiger partial charge in [-0.05, 0) is 38.0 Å². The van der Waals surface area contributed by atoms with Crippen molar-refractivity contribution in [2.24, 2.45) is 4.99 Å². The molecule has 0 bridgehead atoms. The lowest BCUT2D eigenvalue weighted by Crippen LogP contribution is -2.39. The first-order valence-corrected chi connectivity index (χ1v) is 10.6. The maximum Gasteiger partial charge on any atom is 0.387 e. The molecule has 0 spiro atoms. The van der Waals surface area contributed by atoms with Gasteiger partial charge in [0.05, 0.1) is 18.4 Å². The van der Waals surface area contributed by atoms with Crippen LogP contribution in [0.4, 0.5) is 8.78 Å². The summed E-state index contributed by atoms with van der Waals surface area (Å²) in [5.74, 6) is 0.540. The van der Waals surface area contributed by atoms with E-state index in [1.54, 1.807) is 6.92 Å². The number of nitrogens with zero attached hydrogens (tertiary/aromatic N) is 1. The van der Waals surface area contributed by atoms with Gasteiger partial charge in [-0.3, -0.25) is 4.99 Å². The van der Waals surface area contributed by atoms with Crippen LogP contribution in [0.3, 0.4) is 0 Å². The number of halogens is 3. The summed E-state index contributed by atoms with van der Waals surface area (Å²) in [6, 6.07) is 5.71. The highest BCUT2D eigenvalue weighted by molar-refractivity contribution is 14.0. The molecule has 0 aliphatic carbocycles. The van der Waals surface area contributed by atoms with Crippen molar-refractivity contribution < 1.29 is 27.0 Å². The third kappa shape index (κ3) is 12.1. The van der Waals surface area contributed by atoms with Gasteiger partial charge in [-0.15, -0.1) is 24.0 Å². The highest BCUT2D eigenvalue weighted by Gasteiger charge is 2.10. The number of ether oxygens (including phenoxy) is 1. The van der Waals surface area contributed by atoms with E-state index < -0.39 is 22.7 Å². The Morgan fingerprint density at radius 1 is 1.17 bits per heavy atom. The molecule has 8 nitrogen and oxygen atoms in total. The molecule has 0 heterocycles. The third-order valence-corrected chi connectivity index (χ3v) is 5.01. The van der Waals surface area contributed by atoms with Crippen LogP contribution in [0.5, 0.6) is 5.75 Å². The van der Waals surface area contributed by atoms with E-state index in [0.717, 1.165) is 0 Å². The van der Waals surface area contributed by atoms with Gasteiger partial charge in [0.2, 0.25) is 10.0 Å². The summed E-state index contributed by atoms with van der Waals surface area (Å²) in [5.41, 5.74) is 0.523. The smallest absolute Gasteiger partial charge is 0.387 e. The summed E-state index contributed by atoms with van der Waals surface area (Å²) in [6.07, 6.45) is -0.343. The average molecular weight is 550 g/mol. The molecule has 0 saturated carbocycles. The summed E-state index contributed by atoms with van der Waals surface area (Å²) < 4.78 is 53.7. The standard InChI is InChI=1S/C17H28F2N4O4S.HI/c1-3-20-17(21-10-5-11-23-28(25,26)4-2)22-12-15(24)13-6-8-14(9-7-13)27-16(18)19;/h6-9,15-16,23-24H,3-5,10-12H2,1-2H3,(H2,20,21,22);1H. The fourth-order valence-electron chi connectivity index (χ4n) is 2.12. The predicted molar refractivity (Wildman–Crippen MR) is 120 cm³/mol. The van der Waals surface area contributed by atoms with Crippen LogP contribution in [-0.2, 0) is 10.0 Å². The Bertz CT molecular complexity index is 706. The van der Waals surface area contributed by atoms with E-state index in [2.05, 4.69) is 25.1 Å². The Kier molecular flexibility index (Phi) is 14.1. The topological polar surface area (TPSA) is 112 Å². The van der Waals surface area contributed by atoms with Gasteiger partial charge in [0.15, 0.2) is 5.96 Å². The van der Waals surface area contributed by atoms with E-state index in [1.165, 1.54) is 24.3 Å². The molecule has 4 N–H and O–H groups in total. The number of aliphatic hydroxyl groups excluding tert-OH is 1. The van der Waals surface area contributed by atoms with Crippen molar-refractivity contribution in [1.82, 2.24) is 15.4 Å². The zero-order valence-corrected chi connectivity index (χ0v) is 19.5. The Morgan fingerprint density at radius 2 is 1.83 bits per heavy atom. The molecule has 0 saturated heterocycles. The van der Waals surface area contributed by atoms with Gasteiger partial charge in [-0.1, -0.05) is 12.1 Å². The minimum absolute atomic E-state index is 0. The summed E-state index contributed by atoms with van der Waals surface area (Å²) >= 11 is 0. The number of alkyl halides is 2. The van der Waals surface area contributed by atoms with Gasteiger partial charge in [-0.2, -0.15) is 8.78 Å². The first-order chi connectivity index (χ1) is 13.3. The van der Waals surface area contributed by atoms with Gasteiger partial charge >= 0.3 is 6.61 Å². The summed E-state index contributed by atoms with van der Waals surface area (Å²) in [7, 11) is -3.20. The Balaban J connectivity index is 0.00000784. The second-order valence-electron chi connectivity index (χ2n) is 5.76. The van der Waals surface area contributed by atoms with Crippen molar-refractivity contribution in [3.8, 4) is 5.75 Å². The lowest BCUT2D eigenvalue weighted by Gasteiger charge is -2.14. The van der Waals surface area contributed by atoms with Crippen LogP contribution in [0.25, 0.3) is 0 Å². The number of hydrogen-bond donors (Lipinski definition) is 4. The van der Waals surface area contributed by atoms with Crippen molar-refractivity contribution in [1.29, 1.82) is 0 Å². The second kappa shape index (κ2) is 14.7. The van der Waals surface area contributed by atoms with Crippen LogP contribution in [0.15, 0.2) is 29.3 Å². The molecule has 1 atom stereocenters. The molecule has 0 fully saturated rings. The fraction of sp³-hybridized carbons (Fsp3) is 0.588. The fourth-order valence-corrected chi connectivity index (χ4v) is 2.78. The van der Waals surface area contributed by atoms with Crippen molar-refractivity contribution in [3.63, 3.8) is 0 Å². The Morgan fingerprint density at radius 3 is 2.38 bits per heavy atom. The molecule has 1 aromatic rings. The summed E-state index contributed by atoms with van der Waals surface area (Å²) in [6.45, 7) is 2.06. The maximum absolute atomic E-state index is 12.2. The van der Waals surface area contributed by atoms with Crippen LogP contribution in [0.1, 0.15) is 31.9 Å². The molecule has 1 aromatic carbocycles. The maximum atomic E-state index is 12.2. The second-order valence-corrected chi connectivity index (χ2v) is 7.86. The molecule has 0 aliphatic heterocycles. The highest BCUT2D eigenvalue weighted by atomic mass is 127. The first-order valence-electron chi connectivity index (χ1n) is 8.99. The molecule has 1 unspecified atom stereocenters. The first kappa shape index (κ1) is 27.8. The van der Waals surface area contributed by atoms with Crippen LogP contribution in [0.2, 0.25) is 0 Å². The zero-order chi connectivity index (χ0) is 21.0. The average Bonchev–Trinajstić information content (AvgIpc) is 2.65. The van der Waals surface area contributed by atoms with Gasteiger partial charge in [0.25, 0.3) is 0 Å². The van der Waals surface area contributed by atoms with E-state index in [-0.39, 0.29) is 42.0 Å². The molecular formula is C17H29F2IN4O4S. The largest absolute Gasteiger partial charge is 0.435 e. The van der Waals surface area contributed by atoms with Crippen molar-refractivity contribution >= 4 is 40.0 Å². The van der Waals surface area contributed by atoms with Gasteiger partial charge < -0.3 is 20.5 Å². The molecule has 0 aromatic heterocycles. The van der Waals surface area contributed by atoms with Crippen LogP contribution in [0, 0.1) is 0 Å². The van der Waals surface area contributed by atoms with Crippen LogP contribution in [-0.4, -0.2) is 58.0 Å². The van der Waals surface area contributed by atoms with Gasteiger partial charge in [0, 0.05) is 19.6 Å². The van der Waals surface area contributed by atoms with E-state index in [9.17, 15) is 22.3 Å². The number of aliphatic imine (C=N–C) groups is 1. The van der Waals surface area contributed by atoms with E-state index in [4.69, 9.17) is 0 Å². The number of aliphatic hydroxyl groups is 1. The molecule has 29 heavy (non-hydrogen) atoms. The predicted octanol–water partition coefficient (Wildman–Crippen LogP) is 1.82. The quantitative estimate of drug-likeness (QED) is 0.137. The molecule has 0 amide bonds. The molecule has 168 valence electrons. The monoisotopic (exact) mass is 550 g/mol. The minimum Gasteiger partial charge on any atom is -0.435 e. The zero-order valence-electron chi connectivity index (χ0n) is 16.4. The molecule has 0 aliphatic rings. The van der Waals surface area contributed by atoms with Crippen molar-refractivity contribution in [3.05, 3.63) is 29.8 Å². The van der Waals surface area contributed by atoms with Crippen molar-refractivity contribution in [2.45, 2.75) is 33.0 Å². The van der Waals surface area contributed by atoms with Gasteiger partial charge in [-0.25, -0.2) is 13.1 Å². The number of benzene rings is 1. The van der Waals surface area contributed by atoms with Crippen LogP contribution < -0.4 is 20.1 Å². The Labute approximate surface area is 187 Å².